The average molecular weight is 250 g/mol. The molecule has 0 fully saturated rings. The molecule has 0 saturated heterocycles. The molecular formula is C13H18N2O3. The van der Waals surface area contributed by atoms with E-state index in [0.717, 1.165) is 11.1 Å². The summed E-state index contributed by atoms with van der Waals surface area (Å²) >= 11 is 0. The zero-order valence-corrected chi connectivity index (χ0v) is 10.8. The summed E-state index contributed by atoms with van der Waals surface area (Å²) in [5, 5.41) is 13.8. The molecule has 0 saturated carbocycles. The Hall–Kier alpha value is -1.88. The molecule has 5 heteroatoms. The van der Waals surface area contributed by atoms with Crippen LogP contribution in [0.2, 0.25) is 0 Å². The van der Waals surface area contributed by atoms with Crippen LogP contribution in [0.1, 0.15) is 16.7 Å². The van der Waals surface area contributed by atoms with Gasteiger partial charge in [0.15, 0.2) is 6.04 Å². The highest BCUT2D eigenvalue weighted by Gasteiger charge is 2.23. The molecule has 1 unspecified atom stereocenters. The number of hydrogen-bond donors (Lipinski definition) is 3. The highest BCUT2D eigenvalue weighted by molar-refractivity contribution is 6.01. The van der Waals surface area contributed by atoms with Gasteiger partial charge in [0.05, 0.1) is 0 Å². The molecule has 98 valence electrons. The molecule has 1 aromatic rings. The molecule has 0 heterocycles. The van der Waals surface area contributed by atoms with Crippen LogP contribution in [-0.4, -0.2) is 30.1 Å². The molecule has 0 bridgehead atoms. The van der Waals surface area contributed by atoms with Gasteiger partial charge in [0.25, 0.3) is 0 Å². The number of carbonyl (C=O) groups excluding carboxylic acids is 1. The van der Waals surface area contributed by atoms with Crippen LogP contribution in [0.3, 0.4) is 0 Å². The minimum absolute atomic E-state index is 0.325. The van der Waals surface area contributed by atoms with E-state index in [1.165, 1.54) is 12.6 Å². The monoisotopic (exact) mass is 250 g/mol. The van der Waals surface area contributed by atoms with Crippen LogP contribution in [0.25, 0.3) is 0 Å². The van der Waals surface area contributed by atoms with E-state index in [2.05, 4.69) is 10.6 Å². The lowest BCUT2D eigenvalue weighted by molar-refractivity contribution is -0.143. The minimum Gasteiger partial charge on any atom is -0.480 e. The third-order valence-corrected chi connectivity index (χ3v) is 2.84. The smallest absolute Gasteiger partial charge is 0.330 e. The Kier molecular flexibility index (Phi) is 4.85. The summed E-state index contributed by atoms with van der Waals surface area (Å²) in [6.45, 7) is 4.33. The van der Waals surface area contributed by atoms with Crippen LogP contribution >= 0.6 is 0 Å². The fourth-order valence-electron chi connectivity index (χ4n) is 1.57. The maximum atomic E-state index is 11.6. The van der Waals surface area contributed by atoms with Crippen molar-refractivity contribution in [2.75, 3.05) is 7.05 Å². The van der Waals surface area contributed by atoms with E-state index in [1.54, 1.807) is 0 Å². The van der Waals surface area contributed by atoms with Crippen molar-refractivity contribution >= 4 is 11.9 Å². The topological polar surface area (TPSA) is 78.4 Å². The predicted octanol–water partition coefficient (Wildman–Crippen LogP) is 0.592. The molecule has 0 aliphatic rings. The van der Waals surface area contributed by atoms with Crippen molar-refractivity contribution in [1.82, 2.24) is 10.6 Å². The second-order valence-electron chi connectivity index (χ2n) is 4.20. The van der Waals surface area contributed by atoms with Crippen molar-refractivity contribution in [2.45, 2.75) is 26.4 Å². The highest BCUT2D eigenvalue weighted by atomic mass is 16.4. The minimum atomic E-state index is -1.21. The Balaban J connectivity index is 2.62. The molecule has 0 radical (unpaired) electrons. The first-order valence-corrected chi connectivity index (χ1v) is 5.69. The van der Waals surface area contributed by atoms with Crippen molar-refractivity contribution in [3.63, 3.8) is 0 Å². The average Bonchev–Trinajstić information content (AvgIpc) is 2.31. The number of nitrogens with one attached hydrogen (secondary N) is 2. The fraction of sp³-hybridized carbons (Fsp3) is 0.385. The molecular weight excluding hydrogens is 232 g/mol. The Bertz CT molecular complexity index is 458. The van der Waals surface area contributed by atoms with Gasteiger partial charge in [-0.2, -0.15) is 0 Å². The summed E-state index contributed by atoms with van der Waals surface area (Å²) < 4.78 is 0. The molecule has 1 amide bonds. The molecule has 0 aromatic heterocycles. The number of rotatable bonds is 5. The lowest BCUT2D eigenvalue weighted by Gasteiger charge is -2.12. The number of aryl methyl sites for hydroxylation is 2. The summed E-state index contributed by atoms with van der Waals surface area (Å²) in [5.74, 6) is -1.72. The molecule has 0 aliphatic carbocycles. The first-order valence-electron chi connectivity index (χ1n) is 5.69. The van der Waals surface area contributed by atoms with Crippen molar-refractivity contribution in [3.05, 3.63) is 34.9 Å². The lowest BCUT2D eigenvalue weighted by Crippen LogP contribution is -2.47. The zero-order valence-electron chi connectivity index (χ0n) is 10.8. The van der Waals surface area contributed by atoms with E-state index >= 15 is 0 Å². The Morgan fingerprint density at radius 1 is 1.28 bits per heavy atom. The summed E-state index contributed by atoms with van der Waals surface area (Å²) in [5.41, 5.74) is 3.28. The molecule has 3 N–H and O–H groups in total. The molecule has 5 nitrogen and oxygen atoms in total. The van der Waals surface area contributed by atoms with Crippen molar-refractivity contribution in [1.29, 1.82) is 0 Å². The number of likely N-dealkylation sites (N-methyl/N-ethyl adjacent to an activating group) is 1. The Labute approximate surface area is 106 Å². The third-order valence-electron chi connectivity index (χ3n) is 2.84. The maximum absolute atomic E-state index is 11.6. The summed E-state index contributed by atoms with van der Waals surface area (Å²) in [4.78, 5) is 22.3. The van der Waals surface area contributed by atoms with Gasteiger partial charge in [0.1, 0.15) is 0 Å². The molecule has 1 aromatic carbocycles. The maximum Gasteiger partial charge on any atom is 0.330 e. The third kappa shape index (κ3) is 3.56. The predicted molar refractivity (Wildman–Crippen MR) is 68.2 cm³/mol. The van der Waals surface area contributed by atoms with Crippen LogP contribution in [0.15, 0.2) is 18.2 Å². The van der Waals surface area contributed by atoms with E-state index in [9.17, 15) is 9.59 Å². The molecule has 1 rings (SSSR count). The quantitative estimate of drug-likeness (QED) is 0.668. The van der Waals surface area contributed by atoms with Crippen LogP contribution in [0, 0.1) is 13.8 Å². The van der Waals surface area contributed by atoms with E-state index < -0.39 is 17.9 Å². The van der Waals surface area contributed by atoms with Crippen molar-refractivity contribution in [2.24, 2.45) is 0 Å². The number of carboxylic acid groups (broad SMARTS) is 1. The summed E-state index contributed by atoms with van der Waals surface area (Å²) in [6.07, 6.45) is 0. The second-order valence-corrected chi connectivity index (χ2v) is 4.20. The van der Waals surface area contributed by atoms with E-state index in [4.69, 9.17) is 5.11 Å². The number of amides is 1. The van der Waals surface area contributed by atoms with E-state index in [-0.39, 0.29) is 0 Å². The summed E-state index contributed by atoms with van der Waals surface area (Å²) in [7, 11) is 1.44. The SMILES string of the molecule is CNC(C(=O)O)C(=O)NCc1ccc(C)c(C)c1. The molecule has 0 spiro atoms. The van der Waals surface area contributed by atoms with E-state index in [1.807, 2.05) is 32.0 Å². The van der Waals surface area contributed by atoms with Crippen LogP contribution < -0.4 is 10.6 Å². The van der Waals surface area contributed by atoms with Gasteiger partial charge in [-0.25, -0.2) is 4.79 Å². The first-order chi connectivity index (χ1) is 8.45. The summed E-state index contributed by atoms with van der Waals surface area (Å²) in [6, 6.07) is 4.66. The normalized spacial score (nSPS) is 11.9. The molecule has 0 aliphatic heterocycles. The standard InChI is InChI=1S/C13H18N2O3/c1-8-4-5-10(6-9(8)2)7-15-12(16)11(14-3)13(17)18/h4-6,11,14H,7H2,1-3H3,(H,15,16)(H,17,18). The van der Waals surface area contributed by atoms with Gasteiger partial charge in [-0.3, -0.25) is 10.1 Å². The Morgan fingerprint density at radius 2 is 1.94 bits per heavy atom. The number of carboxylic acids is 1. The van der Waals surface area contributed by atoms with Crippen molar-refractivity contribution in [3.8, 4) is 0 Å². The van der Waals surface area contributed by atoms with Gasteiger partial charge >= 0.3 is 5.97 Å². The number of aliphatic carboxylic acids is 1. The van der Waals surface area contributed by atoms with Gasteiger partial charge in [0.2, 0.25) is 5.91 Å². The largest absolute Gasteiger partial charge is 0.480 e. The van der Waals surface area contributed by atoms with Crippen LogP contribution in [0.4, 0.5) is 0 Å². The van der Waals surface area contributed by atoms with Gasteiger partial charge in [-0.15, -0.1) is 0 Å². The highest BCUT2D eigenvalue weighted by Crippen LogP contribution is 2.09. The van der Waals surface area contributed by atoms with Crippen molar-refractivity contribution < 1.29 is 14.7 Å². The Morgan fingerprint density at radius 3 is 2.44 bits per heavy atom. The van der Waals surface area contributed by atoms with Gasteiger partial charge in [0, 0.05) is 6.54 Å². The lowest BCUT2D eigenvalue weighted by atomic mass is 10.1. The van der Waals surface area contributed by atoms with Gasteiger partial charge in [-0.1, -0.05) is 18.2 Å². The number of benzene rings is 1. The van der Waals surface area contributed by atoms with E-state index in [0.29, 0.717) is 6.54 Å². The number of hydrogen-bond acceptors (Lipinski definition) is 3. The van der Waals surface area contributed by atoms with Gasteiger partial charge in [-0.05, 0) is 37.6 Å². The number of carbonyl (C=O) groups is 2. The van der Waals surface area contributed by atoms with Crippen LogP contribution in [0.5, 0.6) is 0 Å². The second kappa shape index (κ2) is 6.16. The van der Waals surface area contributed by atoms with Crippen LogP contribution in [-0.2, 0) is 16.1 Å². The zero-order chi connectivity index (χ0) is 13.7. The van der Waals surface area contributed by atoms with Gasteiger partial charge < -0.3 is 10.4 Å². The molecule has 1 atom stereocenters. The fourth-order valence-corrected chi connectivity index (χ4v) is 1.57. The first kappa shape index (κ1) is 14.2. The molecule has 18 heavy (non-hydrogen) atoms.